The van der Waals surface area contributed by atoms with Gasteiger partial charge in [-0.3, -0.25) is 5.32 Å². The summed E-state index contributed by atoms with van der Waals surface area (Å²) in [6.45, 7) is 12.4. The number of ether oxygens (including phenoxy) is 3. The molecule has 0 bridgehead atoms. The molecule has 6 heteroatoms. The highest BCUT2D eigenvalue weighted by Gasteiger charge is 2.21. The number of rotatable bonds is 12. The van der Waals surface area contributed by atoms with E-state index in [1.54, 1.807) is 7.11 Å². The van der Waals surface area contributed by atoms with Crippen molar-refractivity contribution in [1.82, 2.24) is 0 Å². The maximum atomic E-state index is 13.3. The van der Waals surface area contributed by atoms with E-state index in [9.17, 15) is 4.79 Å². The average Bonchev–Trinajstić information content (AvgIpc) is 3.08. The first-order valence-electron chi connectivity index (χ1n) is 15.3. The molecule has 6 nitrogen and oxygen atoms in total. The van der Waals surface area contributed by atoms with Crippen molar-refractivity contribution < 1.29 is 19.0 Å². The highest BCUT2D eigenvalue weighted by Crippen LogP contribution is 2.32. The topological polar surface area (TPSA) is 60.0 Å². The molecule has 5 aromatic rings. The number of nitrogens with one attached hydrogen (secondary N) is 1. The molecule has 1 unspecified atom stereocenters. The van der Waals surface area contributed by atoms with Gasteiger partial charge in [-0.05, 0) is 114 Å². The molecule has 1 atom stereocenters. The Labute approximate surface area is 265 Å². The van der Waals surface area contributed by atoms with Gasteiger partial charge >= 0.3 is 6.09 Å². The fourth-order valence-electron chi connectivity index (χ4n) is 5.40. The summed E-state index contributed by atoms with van der Waals surface area (Å²) in [4.78, 5) is 15.6. The summed E-state index contributed by atoms with van der Waals surface area (Å²) < 4.78 is 17.6. The number of amides is 1. The van der Waals surface area contributed by atoms with E-state index in [1.165, 1.54) is 0 Å². The Balaban J connectivity index is 1.37. The lowest BCUT2D eigenvalue weighted by molar-refractivity contribution is 0.131. The van der Waals surface area contributed by atoms with Crippen molar-refractivity contribution in [3.05, 3.63) is 138 Å². The lowest BCUT2D eigenvalue weighted by atomic mass is 9.98. The number of hydrogen-bond acceptors (Lipinski definition) is 5. The highest BCUT2D eigenvalue weighted by atomic mass is 16.6. The fraction of sp³-hybridized carbons (Fsp3) is 0.205. The van der Waals surface area contributed by atoms with E-state index in [2.05, 4.69) is 48.8 Å². The van der Waals surface area contributed by atoms with Crippen LogP contribution < -0.4 is 19.7 Å². The summed E-state index contributed by atoms with van der Waals surface area (Å²) in [6.07, 6.45) is 0.664. The molecule has 5 aromatic carbocycles. The predicted octanol–water partition coefficient (Wildman–Crippen LogP) is 9.56. The van der Waals surface area contributed by atoms with Crippen molar-refractivity contribution in [1.29, 1.82) is 0 Å². The Hall–Kier alpha value is -5.23. The highest BCUT2D eigenvalue weighted by molar-refractivity contribution is 5.87. The van der Waals surface area contributed by atoms with Crippen molar-refractivity contribution in [2.45, 2.75) is 33.5 Å². The van der Waals surface area contributed by atoms with Crippen molar-refractivity contribution in [2.24, 2.45) is 0 Å². The van der Waals surface area contributed by atoms with Crippen LogP contribution in [0, 0.1) is 6.92 Å². The summed E-state index contributed by atoms with van der Waals surface area (Å²) in [5.41, 5.74) is 6.63. The van der Waals surface area contributed by atoms with Gasteiger partial charge in [-0.1, -0.05) is 61.2 Å². The maximum Gasteiger partial charge on any atom is 0.412 e. The van der Waals surface area contributed by atoms with Gasteiger partial charge in [0.15, 0.2) is 6.10 Å². The van der Waals surface area contributed by atoms with Crippen LogP contribution in [0.3, 0.4) is 0 Å². The molecular weight excluding hydrogens is 560 g/mol. The van der Waals surface area contributed by atoms with Crippen LogP contribution in [-0.2, 0) is 11.3 Å². The summed E-state index contributed by atoms with van der Waals surface area (Å²) in [5.74, 6) is 1.51. The van der Waals surface area contributed by atoms with Gasteiger partial charge < -0.3 is 19.1 Å². The molecule has 0 heterocycles. The monoisotopic (exact) mass is 600 g/mol. The van der Waals surface area contributed by atoms with E-state index in [4.69, 9.17) is 14.2 Å². The molecule has 0 aliphatic rings. The van der Waals surface area contributed by atoms with Crippen molar-refractivity contribution in [3.8, 4) is 11.5 Å². The van der Waals surface area contributed by atoms with Gasteiger partial charge in [0.1, 0.15) is 18.1 Å². The second kappa shape index (κ2) is 14.5. The van der Waals surface area contributed by atoms with Crippen molar-refractivity contribution >= 4 is 34.3 Å². The number of carbonyl (C=O) groups is 1. The minimum absolute atomic E-state index is 0.464. The normalized spacial score (nSPS) is 11.5. The van der Waals surface area contributed by atoms with Crippen LogP contribution >= 0.6 is 0 Å². The van der Waals surface area contributed by atoms with E-state index >= 15 is 0 Å². The number of fused-ring (bicyclic) bond motifs is 1. The minimum Gasteiger partial charge on any atom is -0.497 e. The van der Waals surface area contributed by atoms with Crippen LogP contribution in [0.4, 0.5) is 16.2 Å². The minimum atomic E-state index is -0.636. The third-order valence-electron chi connectivity index (χ3n) is 7.95. The molecule has 1 N–H and O–H groups in total. The molecule has 0 aliphatic carbocycles. The number of benzene rings is 5. The molecule has 5 rings (SSSR count). The maximum absolute atomic E-state index is 13.3. The Kier molecular flexibility index (Phi) is 10.1. The van der Waals surface area contributed by atoms with Crippen molar-refractivity contribution in [3.63, 3.8) is 0 Å². The lowest BCUT2D eigenvalue weighted by Gasteiger charge is -2.23. The number of aryl methyl sites for hydroxylation is 1. The van der Waals surface area contributed by atoms with Crippen LogP contribution in [0.5, 0.6) is 11.5 Å². The largest absolute Gasteiger partial charge is 0.497 e. The van der Waals surface area contributed by atoms with E-state index in [1.807, 2.05) is 97.9 Å². The Morgan fingerprint density at radius 1 is 0.844 bits per heavy atom. The first-order chi connectivity index (χ1) is 21.9. The summed E-state index contributed by atoms with van der Waals surface area (Å²) in [7, 11) is 1.63. The third-order valence-corrected chi connectivity index (χ3v) is 7.95. The van der Waals surface area contributed by atoms with Gasteiger partial charge in [0.25, 0.3) is 0 Å². The zero-order valence-electron chi connectivity index (χ0n) is 26.4. The van der Waals surface area contributed by atoms with E-state index in [0.717, 1.165) is 68.9 Å². The zero-order valence-corrected chi connectivity index (χ0v) is 26.4. The molecule has 45 heavy (non-hydrogen) atoms. The van der Waals surface area contributed by atoms with Crippen LogP contribution in [0.1, 0.15) is 47.8 Å². The number of methoxy groups -OCH3 is 1. The summed E-state index contributed by atoms with van der Waals surface area (Å²) >= 11 is 0. The Bertz CT molecular complexity index is 1780. The number of carbonyl (C=O) groups excluding carboxylic acids is 1. The van der Waals surface area contributed by atoms with Gasteiger partial charge in [0.05, 0.1) is 7.11 Å². The first kappa shape index (κ1) is 31.2. The van der Waals surface area contributed by atoms with Gasteiger partial charge in [-0.2, -0.15) is 0 Å². The number of nitrogens with zero attached hydrogens (tertiary/aromatic N) is 1. The van der Waals surface area contributed by atoms with Crippen LogP contribution in [0.15, 0.2) is 110 Å². The Morgan fingerprint density at radius 2 is 1.56 bits per heavy atom. The van der Waals surface area contributed by atoms with Gasteiger partial charge in [0.2, 0.25) is 0 Å². The molecule has 0 aromatic heterocycles. The molecule has 1 amide bonds. The molecule has 0 fully saturated rings. The first-order valence-corrected chi connectivity index (χ1v) is 15.3. The number of hydrogen-bond donors (Lipinski definition) is 1. The second-order valence-electron chi connectivity index (χ2n) is 10.9. The SMILES string of the molecule is C=Cc1cccc(COc2ccc3cc(C(OC(=O)Nc4ccc(N(CC)CC)cc4C)c4ccc(OC)cc4)ccc3c2)c1. The molecule has 0 spiro atoms. The van der Waals surface area contributed by atoms with Gasteiger partial charge in [0, 0.05) is 24.5 Å². The standard InChI is InChI=1S/C39H40N2O4/c1-6-28-10-9-11-29(23-28)26-44-36-20-16-31-24-33(13-12-32(31)25-36)38(30-14-18-35(43-5)19-15-30)45-39(42)40-37-21-17-34(22-27(37)4)41(7-2)8-3/h6,9-25,38H,1,7-8,26H2,2-5H3,(H,40,42). The molecule has 230 valence electrons. The van der Waals surface area contributed by atoms with Gasteiger partial charge in [-0.25, -0.2) is 4.79 Å². The molecule has 0 saturated heterocycles. The van der Waals surface area contributed by atoms with Crippen LogP contribution in [-0.4, -0.2) is 26.3 Å². The quantitative estimate of drug-likeness (QED) is 0.155. The van der Waals surface area contributed by atoms with E-state index in [0.29, 0.717) is 12.3 Å². The fourth-order valence-corrected chi connectivity index (χ4v) is 5.40. The van der Waals surface area contributed by atoms with Crippen LogP contribution in [0.25, 0.3) is 16.8 Å². The summed E-state index contributed by atoms with van der Waals surface area (Å²) in [6, 6.07) is 33.8. The molecular formula is C39H40N2O4. The second-order valence-corrected chi connectivity index (χ2v) is 10.9. The summed E-state index contributed by atoms with van der Waals surface area (Å²) in [5, 5.41) is 5.00. The molecule has 0 saturated carbocycles. The third kappa shape index (κ3) is 7.65. The van der Waals surface area contributed by atoms with Gasteiger partial charge in [-0.15, -0.1) is 0 Å². The molecule has 0 aliphatic heterocycles. The smallest absolute Gasteiger partial charge is 0.412 e. The number of anilines is 2. The zero-order chi connectivity index (χ0) is 31.8. The Morgan fingerprint density at radius 3 is 2.27 bits per heavy atom. The van der Waals surface area contributed by atoms with E-state index < -0.39 is 12.2 Å². The van der Waals surface area contributed by atoms with E-state index in [-0.39, 0.29) is 0 Å². The van der Waals surface area contributed by atoms with Crippen molar-refractivity contribution in [2.75, 3.05) is 30.4 Å². The molecule has 0 radical (unpaired) electrons. The van der Waals surface area contributed by atoms with Crippen LogP contribution in [0.2, 0.25) is 0 Å². The average molecular weight is 601 g/mol. The predicted molar refractivity (Wildman–Crippen MR) is 184 cm³/mol. The lowest BCUT2D eigenvalue weighted by Crippen LogP contribution is -2.22.